The summed E-state index contributed by atoms with van der Waals surface area (Å²) in [4.78, 5) is 11.9. The number of aromatic nitrogens is 3. The number of nitrogens with zero attached hydrogens (tertiary/aromatic N) is 3. The molecule has 2 heterocycles. The molecule has 2 aromatic rings. The van der Waals surface area contributed by atoms with Gasteiger partial charge in [-0.25, -0.2) is 17.8 Å². The topological polar surface area (TPSA) is 107 Å². The summed E-state index contributed by atoms with van der Waals surface area (Å²) in [6, 6.07) is 3.22. The van der Waals surface area contributed by atoms with Gasteiger partial charge in [0.25, 0.3) is 5.56 Å². The highest BCUT2D eigenvalue weighted by molar-refractivity contribution is 7.89. The second kappa shape index (κ2) is 5.89. The first-order chi connectivity index (χ1) is 10.9. The Kier molecular flexibility index (Phi) is 4.07. The summed E-state index contributed by atoms with van der Waals surface area (Å²) in [5, 5.41) is 7.93. The van der Waals surface area contributed by atoms with Crippen molar-refractivity contribution < 1.29 is 12.9 Å². The molecule has 3 rings (SSSR count). The van der Waals surface area contributed by atoms with Gasteiger partial charge in [-0.05, 0) is 32.8 Å². The van der Waals surface area contributed by atoms with Crippen molar-refractivity contribution in [1.82, 2.24) is 19.7 Å². The summed E-state index contributed by atoms with van der Waals surface area (Å²) in [5.41, 5.74) is 0.949. The first-order valence-electron chi connectivity index (χ1n) is 7.39. The van der Waals surface area contributed by atoms with E-state index >= 15 is 0 Å². The molecule has 0 amide bonds. The minimum atomic E-state index is -3.72. The molecule has 23 heavy (non-hydrogen) atoms. The van der Waals surface area contributed by atoms with Crippen LogP contribution in [-0.2, 0) is 16.6 Å². The molecule has 124 valence electrons. The number of aryl methyl sites for hydroxylation is 2. The van der Waals surface area contributed by atoms with Crippen LogP contribution in [0.5, 0.6) is 0 Å². The van der Waals surface area contributed by atoms with Crippen molar-refractivity contribution in [1.29, 1.82) is 0 Å². The number of hydrogen-bond acceptors (Lipinski definition) is 6. The van der Waals surface area contributed by atoms with Crippen LogP contribution in [0.3, 0.4) is 0 Å². The maximum absolute atomic E-state index is 12.3. The molecule has 1 aliphatic rings. The van der Waals surface area contributed by atoms with Crippen LogP contribution in [0.2, 0.25) is 0 Å². The van der Waals surface area contributed by atoms with Crippen molar-refractivity contribution in [3.05, 3.63) is 39.6 Å². The lowest BCUT2D eigenvalue weighted by atomic mass is 10.3. The third-order valence-electron chi connectivity index (χ3n) is 3.74. The fraction of sp³-hybridized carbons (Fsp3) is 0.500. The monoisotopic (exact) mass is 338 g/mol. The van der Waals surface area contributed by atoms with Gasteiger partial charge in [-0.2, -0.15) is 5.10 Å². The van der Waals surface area contributed by atoms with E-state index in [0.29, 0.717) is 11.6 Å². The normalized spacial score (nSPS) is 15.0. The zero-order valence-corrected chi connectivity index (χ0v) is 13.8. The van der Waals surface area contributed by atoms with Gasteiger partial charge in [0.05, 0.1) is 12.2 Å². The molecule has 0 aromatic carbocycles. The Balaban J connectivity index is 1.70. The molecule has 0 atom stereocenters. The smallest absolute Gasteiger partial charge is 0.266 e. The zero-order chi connectivity index (χ0) is 16.6. The molecule has 0 aliphatic heterocycles. The average Bonchev–Trinajstić information content (AvgIpc) is 3.26. The van der Waals surface area contributed by atoms with Crippen LogP contribution in [-0.4, -0.2) is 29.9 Å². The molecule has 1 saturated carbocycles. The molecule has 2 aromatic heterocycles. The number of sulfonamides is 1. The van der Waals surface area contributed by atoms with Crippen molar-refractivity contribution in [3.63, 3.8) is 0 Å². The predicted molar refractivity (Wildman–Crippen MR) is 81.6 cm³/mol. The fourth-order valence-corrected chi connectivity index (χ4v) is 3.78. The van der Waals surface area contributed by atoms with E-state index < -0.39 is 10.0 Å². The molecule has 1 aliphatic carbocycles. The van der Waals surface area contributed by atoms with Crippen LogP contribution < -0.4 is 10.3 Å². The average molecular weight is 338 g/mol. The van der Waals surface area contributed by atoms with Crippen LogP contribution in [0.1, 0.15) is 35.9 Å². The Bertz CT molecular complexity index is 861. The highest BCUT2D eigenvalue weighted by atomic mass is 32.2. The second-order valence-electron chi connectivity index (χ2n) is 5.64. The van der Waals surface area contributed by atoms with E-state index in [1.165, 1.54) is 10.7 Å². The Labute approximate surface area is 133 Å². The van der Waals surface area contributed by atoms with Crippen LogP contribution in [0.15, 0.2) is 26.3 Å². The van der Waals surface area contributed by atoms with Crippen LogP contribution in [0.4, 0.5) is 0 Å². The molecular weight excluding hydrogens is 320 g/mol. The van der Waals surface area contributed by atoms with Crippen LogP contribution >= 0.6 is 0 Å². The lowest BCUT2D eigenvalue weighted by molar-refractivity contribution is 0.390. The fourth-order valence-electron chi connectivity index (χ4n) is 2.44. The van der Waals surface area contributed by atoms with Crippen LogP contribution in [0.25, 0.3) is 0 Å². The third kappa shape index (κ3) is 3.35. The minimum Gasteiger partial charge on any atom is -0.360 e. The van der Waals surface area contributed by atoms with Gasteiger partial charge >= 0.3 is 0 Å². The molecule has 9 heteroatoms. The molecule has 1 fully saturated rings. The first-order valence-corrected chi connectivity index (χ1v) is 8.87. The largest absolute Gasteiger partial charge is 0.360 e. The first kappa shape index (κ1) is 15.9. The molecule has 0 radical (unpaired) electrons. The number of rotatable bonds is 6. The van der Waals surface area contributed by atoms with Crippen molar-refractivity contribution >= 4 is 10.0 Å². The van der Waals surface area contributed by atoms with Gasteiger partial charge in [0, 0.05) is 18.5 Å². The van der Waals surface area contributed by atoms with Crippen molar-refractivity contribution in [3.8, 4) is 0 Å². The maximum Gasteiger partial charge on any atom is 0.266 e. The maximum atomic E-state index is 12.3. The second-order valence-corrected chi connectivity index (χ2v) is 7.35. The molecule has 1 N–H and O–H groups in total. The summed E-state index contributed by atoms with van der Waals surface area (Å²) >= 11 is 0. The summed E-state index contributed by atoms with van der Waals surface area (Å²) in [6.07, 6.45) is 2.17. The van der Waals surface area contributed by atoms with Crippen LogP contribution in [0, 0.1) is 13.8 Å². The minimum absolute atomic E-state index is 0.0459. The van der Waals surface area contributed by atoms with E-state index in [1.54, 1.807) is 19.9 Å². The Morgan fingerprint density at radius 1 is 1.35 bits per heavy atom. The molecule has 0 saturated heterocycles. The van der Waals surface area contributed by atoms with Gasteiger partial charge in [-0.15, -0.1) is 0 Å². The van der Waals surface area contributed by atoms with Gasteiger partial charge in [0.1, 0.15) is 10.6 Å². The quantitative estimate of drug-likeness (QED) is 0.831. The summed E-state index contributed by atoms with van der Waals surface area (Å²) in [6.45, 7) is 3.34. The lowest BCUT2D eigenvalue weighted by Gasteiger charge is -2.08. The number of hydrogen-bond donors (Lipinski definition) is 1. The highest BCUT2D eigenvalue weighted by Gasteiger charge is 2.26. The Hall–Kier alpha value is -2.00. The van der Waals surface area contributed by atoms with E-state index in [4.69, 9.17) is 4.52 Å². The molecule has 0 unspecified atom stereocenters. The van der Waals surface area contributed by atoms with Gasteiger partial charge in [-0.3, -0.25) is 4.79 Å². The van der Waals surface area contributed by atoms with Gasteiger partial charge in [-0.1, -0.05) is 5.16 Å². The van der Waals surface area contributed by atoms with Gasteiger partial charge < -0.3 is 4.52 Å². The molecular formula is C14H18N4O4S. The van der Waals surface area contributed by atoms with E-state index in [2.05, 4.69) is 15.0 Å². The lowest BCUT2D eigenvalue weighted by Crippen LogP contribution is -2.32. The van der Waals surface area contributed by atoms with E-state index in [1.807, 2.05) is 0 Å². The van der Waals surface area contributed by atoms with Crippen molar-refractivity contribution in [2.45, 2.75) is 44.0 Å². The summed E-state index contributed by atoms with van der Waals surface area (Å²) in [7, 11) is -3.72. The highest BCUT2D eigenvalue weighted by Crippen LogP contribution is 2.38. The molecule has 0 spiro atoms. The predicted octanol–water partition coefficient (Wildman–Crippen LogP) is 0.704. The SMILES string of the molecule is Cc1noc(C)c1S(=O)(=O)NCCn1nc(C2CC2)ccc1=O. The van der Waals surface area contributed by atoms with E-state index in [-0.39, 0.29) is 29.3 Å². The van der Waals surface area contributed by atoms with Gasteiger partial charge in [0.15, 0.2) is 5.76 Å². The summed E-state index contributed by atoms with van der Waals surface area (Å²) in [5.74, 6) is 0.668. The standard InChI is InChI=1S/C14H18N4O4S/c1-9-14(10(2)22-17-9)23(20,21)15-7-8-18-13(19)6-5-12(16-18)11-3-4-11/h5-6,11,15H,3-4,7-8H2,1-2H3. The third-order valence-corrected chi connectivity index (χ3v) is 5.44. The molecule has 8 nitrogen and oxygen atoms in total. The van der Waals surface area contributed by atoms with Crippen molar-refractivity contribution in [2.24, 2.45) is 0 Å². The number of nitrogens with one attached hydrogen (secondary N) is 1. The van der Waals surface area contributed by atoms with E-state index in [0.717, 1.165) is 18.5 Å². The zero-order valence-electron chi connectivity index (χ0n) is 12.9. The van der Waals surface area contributed by atoms with Gasteiger partial charge in [0.2, 0.25) is 10.0 Å². The van der Waals surface area contributed by atoms with Crippen molar-refractivity contribution in [2.75, 3.05) is 6.54 Å². The summed E-state index contributed by atoms with van der Waals surface area (Å²) < 4.78 is 33.2. The Morgan fingerprint density at radius 2 is 2.09 bits per heavy atom. The Morgan fingerprint density at radius 3 is 2.70 bits per heavy atom. The van der Waals surface area contributed by atoms with E-state index in [9.17, 15) is 13.2 Å². The molecule has 0 bridgehead atoms.